The van der Waals surface area contributed by atoms with Crippen LogP contribution in [0.3, 0.4) is 0 Å². The summed E-state index contributed by atoms with van der Waals surface area (Å²) < 4.78 is 11.1. The molecular weight excluding hydrogens is 168 g/mol. The van der Waals surface area contributed by atoms with Crippen molar-refractivity contribution in [2.24, 2.45) is 5.92 Å². The first-order valence-electron chi connectivity index (χ1n) is 5.12. The summed E-state index contributed by atoms with van der Waals surface area (Å²) in [5.41, 5.74) is 0. The van der Waals surface area contributed by atoms with Crippen LogP contribution in [0.25, 0.3) is 0 Å². The average Bonchev–Trinajstić information content (AvgIpc) is 2.18. The molecule has 1 aliphatic rings. The molecule has 0 aromatic heterocycles. The van der Waals surface area contributed by atoms with Crippen LogP contribution < -0.4 is 0 Å². The van der Waals surface area contributed by atoms with E-state index < -0.39 is 0 Å². The first-order chi connectivity index (χ1) is 6.24. The lowest BCUT2D eigenvalue weighted by atomic mass is 10.1. The van der Waals surface area contributed by atoms with Crippen molar-refractivity contribution in [3.05, 3.63) is 0 Å². The minimum Gasteiger partial charge on any atom is -0.396 e. The molecule has 13 heavy (non-hydrogen) atoms. The molecule has 78 valence electrons. The van der Waals surface area contributed by atoms with Gasteiger partial charge in [-0.05, 0) is 26.2 Å². The minimum atomic E-state index is -0.0437. The highest BCUT2D eigenvalue weighted by atomic mass is 16.7. The fourth-order valence-electron chi connectivity index (χ4n) is 1.34. The molecule has 3 heteroatoms. The van der Waals surface area contributed by atoms with Gasteiger partial charge in [-0.25, -0.2) is 0 Å². The van der Waals surface area contributed by atoms with Gasteiger partial charge in [0.15, 0.2) is 6.29 Å². The number of aliphatic hydroxyl groups is 1. The number of rotatable bonds is 4. The van der Waals surface area contributed by atoms with E-state index in [1.54, 1.807) is 0 Å². The third-order valence-electron chi connectivity index (χ3n) is 2.59. The average molecular weight is 188 g/mol. The molecule has 1 saturated heterocycles. The van der Waals surface area contributed by atoms with Gasteiger partial charge in [-0.2, -0.15) is 0 Å². The van der Waals surface area contributed by atoms with Crippen molar-refractivity contribution in [3.8, 4) is 0 Å². The highest BCUT2D eigenvalue weighted by Gasteiger charge is 2.20. The van der Waals surface area contributed by atoms with E-state index in [1.165, 1.54) is 6.42 Å². The summed E-state index contributed by atoms with van der Waals surface area (Å²) >= 11 is 0. The summed E-state index contributed by atoms with van der Waals surface area (Å²) in [4.78, 5) is 0. The number of aliphatic hydroxyl groups excluding tert-OH is 1. The van der Waals surface area contributed by atoms with E-state index in [9.17, 15) is 0 Å². The fourth-order valence-corrected chi connectivity index (χ4v) is 1.34. The number of ether oxygens (including phenoxy) is 2. The lowest BCUT2D eigenvalue weighted by Crippen LogP contribution is -2.30. The summed E-state index contributed by atoms with van der Waals surface area (Å²) in [5, 5.41) is 8.91. The van der Waals surface area contributed by atoms with Crippen LogP contribution in [-0.4, -0.2) is 30.7 Å². The van der Waals surface area contributed by atoms with Crippen molar-refractivity contribution in [3.63, 3.8) is 0 Å². The molecule has 3 atom stereocenters. The fraction of sp³-hybridized carbons (Fsp3) is 1.00. The molecule has 0 radical (unpaired) electrons. The highest BCUT2D eigenvalue weighted by Crippen LogP contribution is 2.17. The Kier molecular flexibility index (Phi) is 4.70. The first kappa shape index (κ1) is 11.0. The Bertz CT molecular complexity index is 132. The second-order valence-corrected chi connectivity index (χ2v) is 3.80. The largest absolute Gasteiger partial charge is 0.396 e. The van der Waals surface area contributed by atoms with Gasteiger partial charge in [-0.15, -0.1) is 0 Å². The maximum absolute atomic E-state index is 8.91. The van der Waals surface area contributed by atoms with E-state index >= 15 is 0 Å². The minimum absolute atomic E-state index is 0.0437. The first-order valence-corrected chi connectivity index (χ1v) is 5.12. The van der Waals surface area contributed by atoms with Gasteiger partial charge in [0, 0.05) is 19.1 Å². The Morgan fingerprint density at radius 1 is 1.46 bits per heavy atom. The number of hydrogen-bond acceptors (Lipinski definition) is 3. The molecule has 1 rings (SSSR count). The van der Waals surface area contributed by atoms with Gasteiger partial charge < -0.3 is 14.6 Å². The summed E-state index contributed by atoms with van der Waals surface area (Å²) in [5.74, 6) is 0.186. The Hall–Kier alpha value is -0.120. The van der Waals surface area contributed by atoms with Crippen LogP contribution in [0.15, 0.2) is 0 Å². The van der Waals surface area contributed by atoms with Crippen molar-refractivity contribution < 1.29 is 14.6 Å². The molecule has 1 unspecified atom stereocenters. The maximum atomic E-state index is 8.91. The van der Waals surface area contributed by atoms with Gasteiger partial charge in [0.05, 0.1) is 6.10 Å². The zero-order chi connectivity index (χ0) is 9.68. The van der Waals surface area contributed by atoms with E-state index in [0.717, 1.165) is 19.4 Å². The van der Waals surface area contributed by atoms with Gasteiger partial charge in [0.25, 0.3) is 0 Å². The Labute approximate surface area is 80.0 Å². The molecule has 0 spiro atoms. The van der Waals surface area contributed by atoms with Crippen LogP contribution in [0.4, 0.5) is 0 Å². The van der Waals surface area contributed by atoms with Crippen LogP contribution in [0, 0.1) is 5.92 Å². The molecule has 0 saturated carbocycles. The summed E-state index contributed by atoms with van der Waals surface area (Å²) in [6, 6.07) is 0. The molecule has 0 amide bonds. The van der Waals surface area contributed by atoms with Gasteiger partial charge in [0.1, 0.15) is 0 Å². The van der Waals surface area contributed by atoms with Crippen molar-refractivity contribution in [1.29, 1.82) is 0 Å². The van der Waals surface area contributed by atoms with Crippen LogP contribution >= 0.6 is 0 Å². The van der Waals surface area contributed by atoms with Crippen LogP contribution in [0.5, 0.6) is 0 Å². The smallest absolute Gasteiger partial charge is 0.157 e. The second kappa shape index (κ2) is 5.58. The third-order valence-corrected chi connectivity index (χ3v) is 2.59. The van der Waals surface area contributed by atoms with Crippen molar-refractivity contribution in [2.45, 2.75) is 45.5 Å². The lowest BCUT2D eigenvalue weighted by molar-refractivity contribution is -0.195. The van der Waals surface area contributed by atoms with Crippen molar-refractivity contribution in [1.82, 2.24) is 0 Å². The van der Waals surface area contributed by atoms with Crippen LogP contribution in [0.1, 0.15) is 33.1 Å². The standard InChI is InChI=1S/C10H20O3/c1-8(7-11)9(2)13-10-5-3-4-6-12-10/h8-11H,3-7H2,1-2H3/t8-,9-,10?/m0/s1. The van der Waals surface area contributed by atoms with Gasteiger partial charge in [0.2, 0.25) is 0 Å². The predicted octanol–water partition coefficient (Wildman–Crippen LogP) is 1.55. The summed E-state index contributed by atoms with van der Waals surface area (Å²) in [7, 11) is 0. The molecule has 1 heterocycles. The van der Waals surface area contributed by atoms with Crippen LogP contribution in [0.2, 0.25) is 0 Å². The Morgan fingerprint density at radius 2 is 2.23 bits per heavy atom. The SMILES string of the molecule is C[C@H](OC1CCCCO1)[C@@H](C)CO. The van der Waals surface area contributed by atoms with E-state index in [0.29, 0.717) is 0 Å². The molecule has 0 aromatic rings. The quantitative estimate of drug-likeness (QED) is 0.727. The van der Waals surface area contributed by atoms with Gasteiger partial charge in [-0.1, -0.05) is 6.92 Å². The normalized spacial score (nSPS) is 28.4. The summed E-state index contributed by atoms with van der Waals surface area (Å²) in [6.45, 7) is 4.95. The third kappa shape index (κ3) is 3.63. The zero-order valence-electron chi connectivity index (χ0n) is 8.53. The summed E-state index contributed by atoms with van der Waals surface area (Å²) in [6.07, 6.45) is 3.35. The molecule has 0 aromatic carbocycles. The monoisotopic (exact) mass is 188 g/mol. The molecule has 1 aliphatic heterocycles. The Balaban J connectivity index is 2.21. The number of hydrogen-bond donors (Lipinski definition) is 1. The zero-order valence-corrected chi connectivity index (χ0v) is 8.53. The van der Waals surface area contributed by atoms with Crippen molar-refractivity contribution >= 4 is 0 Å². The second-order valence-electron chi connectivity index (χ2n) is 3.80. The molecule has 1 N–H and O–H groups in total. The van der Waals surface area contributed by atoms with Crippen molar-refractivity contribution in [2.75, 3.05) is 13.2 Å². The molecule has 0 aliphatic carbocycles. The molecular formula is C10H20O3. The van der Waals surface area contributed by atoms with Gasteiger partial charge >= 0.3 is 0 Å². The van der Waals surface area contributed by atoms with E-state index in [4.69, 9.17) is 14.6 Å². The van der Waals surface area contributed by atoms with E-state index in [-0.39, 0.29) is 24.9 Å². The highest BCUT2D eigenvalue weighted by molar-refractivity contribution is 4.62. The lowest BCUT2D eigenvalue weighted by Gasteiger charge is -2.28. The molecule has 0 bridgehead atoms. The molecule has 3 nitrogen and oxygen atoms in total. The topological polar surface area (TPSA) is 38.7 Å². The van der Waals surface area contributed by atoms with E-state index in [2.05, 4.69) is 0 Å². The Morgan fingerprint density at radius 3 is 2.77 bits per heavy atom. The predicted molar refractivity (Wildman–Crippen MR) is 50.4 cm³/mol. The van der Waals surface area contributed by atoms with E-state index in [1.807, 2.05) is 13.8 Å². The van der Waals surface area contributed by atoms with Gasteiger partial charge in [-0.3, -0.25) is 0 Å². The van der Waals surface area contributed by atoms with Crippen LogP contribution in [-0.2, 0) is 9.47 Å². The maximum Gasteiger partial charge on any atom is 0.157 e. The molecule has 1 fully saturated rings.